The maximum absolute atomic E-state index is 5.92. The van der Waals surface area contributed by atoms with E-state index < -0.39 is 0 Å². The zero-order valence-electron chi connectivity index (χ0n) is 8.60. The van der Waals surface area contributed by atoms with E-state index in [1.54, 1.807) is 0 Å². The minimum atomic E-state index is -0.00954. The Balaban J connectivity index is 2.06. The third kappa shape index (κ3) is 2.22. The molecular formula is C11H17N3O. The first-order chi connectivity index (χ1) is 7.16. The van der Waals surface area contributed by atoms with Crippen molar-refractivity contribution in [2.75, 3.05) is 5.73 Å². The fourth-order valence-corrected chi connectivity index (χ4v) is 1.96. The molecule has 1 aliphatic carbocycles. The third-order valence-electron chi connectivity index (χ3n) is 2.78. The quantitative estimate of drug-likeness (QED) is 0.615. The molecule has 2 rings (SSSR count). The third-order valence-corrected chi connectivity index (χ3v) is 2.78. The monoisotopic (exact) mass is 207 g/mol. The van der Waals surface area contributed by atoms with Gasteiger partial charge in [0.2, 0.25) is 0 Å². The zero-order valence-corrected chi connectivity index (χ0v) is 8.60. The summed E-state index contributed by atoms with van der Waals surface area (Å²) in [5.41, 5.74) is 18.2. The molecule has 0 aromatic heterocycles. The largest absolute Gasteiger partial charge is 0.487 e. The van der Waals surface area contributed by atoms with Gasteiger partial charge in [0, 0.05) is 18.5 Å². The Labute approximate surface area is 89.4 Å². The molecule has 0 heterocycles. The molecule has 82 valence electrons. The Morgan fingerprint density at radius 2 is 1.87 bits per heavy atom. The average Bonchev–Trinajstić information content (AvgIpc) is 2.49. The second kappa shape index (κ2) is 4.08. The van der Waals surface area contributed by atoms with Crippen molar-refractivity contribution in [3.8, 4) is 5.75 Å². The Kier molecular flexibility index (Phi) is 2.79. The summed E-state index contributed by atoms with van der Waals surface area (Å²) in [7, 11) is 0. The number of para-hydroxylation sites is 2. The van der Waals surface area contributed by atoms with Crippen molar-refractivity contribution >= 4 is 5.69 Å². The first kappa shape index (κ1) is 10.3. The molecule has 6 N–H and O–H groups in total. The van der Waals surface area contributed by atoms with Crippen LogP contribution in [0.3, 0.4) is 0 Å². The molecule has 4 heteroatoms. The highest BCUT2D eigenvalue weighted by molar-refractivity contribution is 5.51. The lowest BCUT2D eigenvalue weighted by Crippen LogP contribution is -2.33. The molecule has 4 nitrogen and oxygen atoms in total. The summed E-state index contributed by atoms with van der Waals surface area (Å²) in [6.07, 6.45) is 1.61. The van der Waals surface area contributed by atoms with Gasteiger partial charge in [0.25, 0.3) is 0 Å². The number of ether oxygens (including phenoxy) is 1. The molecule has 1 aromatic rings. The smallest absolute Gasteiger partial charge is 0.142 e. The first-order valence-corrected chi connectivity index (χ1v) is 5.19. The van der Waals surface area contributed by atoms with Crippen LogP contribution < -0.4 is 21.9 Å². The van der Waals surface area contributed by atoms with Crippen LogP contribution >= 0.6 is 0 Å². The summed E-state index contributed by atoms with van der Waals surface area (Å²) < 4.78 is 5.76. The molecule has 1 saturated carbocycles. The van der Waals surface area contributed by atoms with Crippen LogP contribution in [0.5, 0.6) is 5.75 Å². The first-order valence-electron chi connectivity index (χ1n) is 5.19. The molecule has 0 aliphatic heterocycles. The molecule has 1 fully saturated rings. The maximum atomic E-state index is 5.92. The van der Waals surface area contributed by atoms with E-state index in [1.165, 1.54) is 0 Å². The number of hydrogen-bond acceptors (Lipinski definition) is 4. The average molecular weight is 207 g/mol. The van der Waals surface area contributed by atoms with Gasteiger partial charge in [-0.25, -0.2) is 0 Å². The lowest BCUT2D eigenvalue weighted by Gasteiger charge is -2.18. The van der Waals surface area contributed by atoms with Gasteiger partial charge in [-0.15, -0.1) is 0 Å². The molecule has 3 atom stereocenters. The second-order valence-corrected chi connectivity index (χ2v) is 4.09. The summed E-state index contributed by atoms with van der Waals surface area (Å²) in [6.45, 7) is 0. The summed E-state index contributed by atoms with van der Waals surface area (Å²) in [5, 5.41) is 0. The van der Waals surface area contributed by atoms with Gasteiger partial charge in [-0.1, -0.05) is 12.1 Å². The van der Waals surface area contributed by atoms with E-state index in [4.69, 9.17) is 21.9 Å². The van der Waals surface area contributed by atoms with E-state index in [-0.39, 0.29) is 18.2 Å². The Morgan fingerprint density at radius 3 is 2.47 bits per heavy atom. The van der Waals surface area contributed by atoms with E-state index in [2.05, 4.69) is 0 Å². The number of hydrogen-bond donors (Lipinski definition) is 3. The number of benzene rings is 1. The number of anilines is 1. The van der Waals surface area contributed by atoms with Crippen LogP contribution in [-0.4, -0.2) is 18.2 Å². The van der Waals surface area contributed by atoms with Crippen LogP contribution in [0.2, 0.25) is 0 Å². The summed E-state index contributed by atoms with van der Waals surface area (Å²) >= 11 is 0. The van der Waals surface area contributed by atoms with Crippen molar-refractivity contribution in [3.05, 3.63) is 24.3 Å². The van der Waals surface area contributed by atoms with Crippen molar-refractivity contribution in [2.24, 2.45) is 11.5 Å². The minimum Gasteiger partial charge on any atom is -0.487 e. The predicted octanol–water partition coefficient (Wildman–Crippen LogP) is 0.465. The van der Waals surface area contributed by atoms with Gasteiger partial charge >= 0.3 is 0 Å². The van der Waals surface area contributed by atoms with Crippen LogP contribution in [-0.2, 0) is 0 Å². The molecule has 0 amide bonds. The maximum Gasteiger partial charge on any atom is 0.142 e. The van der Waals surface area contributed by atoms with Gasteiger partial charge in [0.1, 0.15) is 11.9 Å². The van der Waals surface area contributed by atoms with Crippen LogP contribution in [0.25, 0.3) is 0 Å². The van der Waals surface area contributed by atoms with Gasteiger partial charge in [0.05, 0.1) is 5.69 Å². The van der Waals surface area contributed by atoms with Crippen LogP contribution in [0.1, 0.15) is 12.8 Å². The Bertz CT molecular complexity index is 342. The summed E-state index contributed by atoms with van der Waals surface area (Å²) in [4.78, 5) is 0. The van der Waals surface area contributed by atoms with Crippen molar-refractivity contribution in [2.45, 2.75) is 31.0 Å². The topological polar surface area (TPSA) is 87.3 Å². The van der Waals surface area contributed by atoms with Gasteiger partial charge in [-0.2, -0.15) is 0 Å². The van der Waals surface area contributed by atoms with Crippen LogP contribution in [0, 0.1) is 0 Å². The SMILES string of the molecule is Nc1ccccc1O[C@@H]1C[C@@H](N)C[C@H]1N. The zero-order chi connectivity index (χ0) is 10.8. The van der Waals surface area contributed by atoms with Crippen LogP contribution in [0.15, 0.2) is 24.3 Å². The molecule has 0 radical (unpaired) electrons. The normalized spacial score (nSPS) is 30.4. The molecule has 1 aromatic carbocycles. The van der Waals surface area contributed by atoms with E-state index >= 15 is 0 Å². The summed E-state index contributed by atoms with van der Waals surface area (Å²) in [6, 6.07) is 7.60. The highest BCUT2D eigenvalue weighted by Crippen LogP contribution is 2.26. The van der Waals surface area contributed by atoms with E-state index in [0.29, 0.717) is 11.4 Å². The van der Waals surface area contributed by atoms with Crippen molar-refractivity contribution in [1.82, 2.24) is 0 Å². The molecular weight excluding hydrogens is 190 g/mol. The van der Waals surface area contributed by atoms with Crippen molar-refractivity contribution in [1.29, 1.82) is 0 Å². The molecule has 0 saturated heterocycles. The molecule has 15 heavy (non-hydrogen) atoms. The molecule has 1 aliphatic rings. The van der Waals surface area contributed by atoms with E-state index in [0.717, 1.165) is 12.8 Å². The molecule has 0 spiro atoms. The lowest BCUT2D eigenvalue weighted by molar-refractivity contribution is 0.191. The molecule has 0 unspecified atom stereocenters. The Morgan fingerprint density at radius 1 is 1.13 bits per heavy atom. The van der Waals surface area contributed by atoms with Crippen molar-refractivity contribution in [3.63, 3.8) is 0 Å². The van der Waals surface area contributed by atoms with Gasteiger partial charge < -0.3 is 21.9 Å². The molecule has 0 bridgehead atoms. The highest BCUT2D eigenvalue weighted by Gasteiger charge is 2.31. The number of rotatable bonds is 2. The highest BCUT2D eigenvalue weighted by atomic mass is 16.5. The Hall–Kier alpha value is -1.26. The standard InChI is InChI=1S/C11H17N3O/c12-7-5-9(14)11(6-7)15-10-4-2-1-3-8(10)13/h1-4,7,9,11H,5-6,12-14H2/t7-,9+,11+/m0/s1. The minimum absolute atomic E-state index is 0.00954. The second-order valence-electron chi connectivity index (χ2n) is 4.09. The van der Waals surface area contributed by atoms with Crippen LogP contribution in [0.4, 0.5) is 5.69 Å². The van der Waals surface area contributed by atoms with Crippen molar-refractivity contribution < 1.29 is 4.74 Å². The fraction of sp³-hybridized carbons (Fsp3) is 0.455. The fourth-order valence-electron chi connectivity index (χ4n) is 1.96. The number of nitrogens with two attached hydrogens (primary N) is 3. The lowest BCUT2D eigenvalue weighted by atomic mass is 10.2. The van der Waals surface area contributed by atoms with E-state index in [1.807, 2.05) is 24.3 Å². The number of nitrogen functional groups attached to an aromatic ring is 1. The summed E-state index contributed by atoms with van der Waals surface area (Å²) in [5.74, 6) is 0.701. The van der Waals surface area contributed by atoms with Gasteiger partial charge in [-0.05, 0) is 18.6 Å². The van der Waals surface area contributed by atoms with Gasteiger partial charge in [0.15, 0.2) is 0 Å². The van der Waals surface area contributed by atoms with E-state index in [9.17, 15) is 0 Å². The van der Waals surface area contributed by atoms with Gasteiger partial charge in [-0.3, -0.25) is 0 Å². The predicted molar refractivity (Wildman–Crippen MR) is 60.5 cm³/mol.